The molecule has 4 heteroatoms. The van der Waals surface area contributed by atoms with Crippen molar-refractivity contribution in [3.63, 3.8) is 0 Å². The summed E-state index contributed by atoms with van der Waals surface area (Å²) in [5, 5.41) is 12.7. The zero-order valence-corrected chi connectivity index (χ0v) is 13.2. The SMILES string of the molecule is C=C(Br)CNCC(O)COCCCCCCCC. The molecule has 1 atom stereocenters. The number of aliphatic hydroxyl groups is 1. The number of aliphatic hydroxyl groups excluding tert-OH is 1. The largest absolute Gasteiger partial charge is 0.389 e. The van der Waals surface area contributed by atoms with Crippen molar-refractivity contribution in [3.8, 4) is 0 Å². The standard InChI is InChI=1S/C14H28BrNO2/c1-3-4-5-6-7-8-9-18-12-14(17)11-16-10-13(2)15/h14,16-17H,2-12H2,1H3. The van der Waals surface area contributed by atoms with Crippen molar-refractivity contribution in [2.45, 2.75) is 51.6 Å². The van der Waals surface area contributed by atoms with Crippen LogP contribution in [0.15, 0.2) is 11.1 Å². The van der Waals surface area contributed by atoms with Gasteiger partial charge in [0, 0.05) is 24.2 Å². The van der Waals surface area contributed by atoms with Crippen molar-refractivity contribution in [1.82, 2.24) is 5.32 Å². The molecule has 0 amide bonds. The first kappa shape index (κ1) is 18.1. The van der Waals surface area contributed by atoms with E-state index in [4.69, 9.17) is 4.74 Å². The second-order valence-electron chi connectivity index (χ2n) is 4.64. The summed E-state index contributed by atoms with van der Waals surface area (Å²) in [7, 11) is 0. The summed E-state index contributed by atoms with van der Waals surface area (Å²) < 4.78 is 6.33. The van der Waals surface area contributed by atoms with E-state index in [1.807, 2.05) is 0 Å². The Morgan fingerprint density at radius 3 is 2.61 bits per heavy atom. The number of unbranched alkanes of at least 4 members (excludes halogenated alkanes) is 5. The third kappa shape index (κ3) is 14.2. The van der Waals surface area contributed by atoms with Crippen LogP contribution in [0.4, 0.5) is 0 Å². The van der Waals surface area contributed by atoms with Crippen LogP contribution in [-0.2, 0) is 4.74 Å². The predicted molar refractivity (Wildman–Crippen MR) is 81.1 cm³/mol. The molecule has 0 heterocycles. The van der Waals surface area contributed by atoms with E-state index in [1.165, 1.54) is 32.1 Å². The Kier molecular flexibility index (Phi) is 13.6. The summed E-state index contributed by atoms with van der Waals surface area (Å²) in [4.78, 5) is 0. The number of ether oxygens (including phenoxy) is 1. The predicted octanol–water partition coefficient (Wildman–Crippen LogP) is 3.22. The van der Waals surface area contributed by atoms with Gasteiger partial charge in [-0.1, -0.05) is 61.5 Å². The fraction of sp³-hybridized carbons (Fsp3) is 0.857. The second-order valence-corrected chi connectivity index (χ2v) is 5.77. The normalized spacial score (nSPS) is 12.6. The van der Waals surface area contributed by atoms with Crippen molar-refractivity contribution >= 4 is 15.9 Å². The summed E-state index contributed by atoms with van der Waals surface area (Å²) in [6.07, 6.45) is 7.16. The number of hydrogen-bond acceptors (Lipinski definition) is 3. The van der Waals surface area contributed by atoms with E-state index in [-0.39, 0.29) is 0 Å². The molecule has 1 unspecified atom stereocenters. The van der Waals surface area contributed by atoms with Crippen molar-refractivity contribution < 1.29 is 9.84 Å². The molecule has 0 saturated heterocycles. The van der Waals surface area contributed by atoms with Crippen LogP contribution in [0.5, 0.6) is 0 Å². The van der Waals surface area contributed by atoms with Gasteiger partial charge >= 0.3 is 0 Å². The third-order valence-electron chi connectivity index (χ3n) is 2.65. The Morgan fingerprint density at radius 2 is 1.94 bits per heavy atom. The van der Waals surface area contributed by atoms with Gasteiger partial charge in [-0.2, -0.15) is 0 Å². The van der Waals surface area contributed by atoms with Gasteiger partial charge in [0.15, 0.2) is 0 Å². The number of halogens is 1. The summed E-state index contributed by atoms with van der Waals surface area (Å²) in [6.45, 7) is 8.33. The summed E-state index contributed by atoms with van der Waals surface area (Å²) >= 11 is 3.25. The second kappa shape index (κ2) is 13.5. The Labute approximate surface area is 120 Å². The van der Waals surface area contributed by atoms with Crippen molar-refractivity contribution in [3.05, 3.63) is 11.1 Å². The molecule has 0 saturated carbocycles. The van der Waals surface area contributed by atoms with Gasteiger partial charge in [-0.3, -0.25) is 0 Å². The molecule has 0 aromatic heterocycles. The van der Waals surface area contributed by atoms with Gasteiger partial charge in [-0.25, -0.2) is 0 Å². The first-order valence-corrected chi connectivity index (χ1v) is 7.76. The van der Waals surface area contributed by atoms with Crippen LogP contribution in [0.1, 0.15) is 45.4 Å². The zero-order chi connectivity index (χ0) is 13.6. The van der Waals surface area contributed by atoms with E-state index < -0.39 is 6.10 Å². The van der Waals surface area contributed by atoms with Crippen LogP contribution in [0.2, 0.25) is 0 Å². The highest BCUT2D eigenvalue weighted by Gasteiger charge is 2.03. The van der Waals surface area contributed by atoms with Gasteiger partial charge < -0.3 is 15.2 Å². The van der Waals surface area contributed by atoms with E-state index in [0.29, 0.717) is 19.7 Å². The number of nitrogens with one attached hydrogen (secondary N) is 1. The third-order valence-corrected chi connectivity index (χ3v) is 2.93. The molecule has 0 aromatic rings. The molecule has 0 aliphatic rings. The molecule has 0 rings (SSSR count). The number of hydrogen-bond donors (Lipinski definition) is 2. The van der Waals surface area contributed by atoms with E-state index in [0.717, 1.165) is 17.5 Å². The molecule has 0 bridgehead atoms. The van der Waals surface area contributed by atoms with Crippen LogP contribution in [-0.4, -0.2) is 37.5 Å². The van der Waals surface area contributed by atoms with Gasteiger partial charge in [-0.05, 0) is 6.42 Å². The molecule has 108 valence electrons. The summed E-state index contributed by atoms with van der Waals surface area (Å²) in [5.41, 5.74) is 0. The Bertz CT molecular complexity index is 200. The van der Waals surface area contributed by atoms with Gasteiger partial charge in [0.25, 0.3) is 0 Å². The molecule has 18 heavy (non-hydrogen) atoms. The molecule has 0 radical (unpaired) electrons. The van der Waals surface area contributed by atoms with Gasteiger partial charge in [-0.15, -0.1) is 0 Å². The lowest BCUT2D eigenvalue weighted by Gasteiger charge is -2.12. The molecule has 0 fully saturated rings. The van der Waals surface area contributed by atoms with E-state index in [9.17, 15) is 5.11 Å². The maximum absolute atomic E-state index is 9.60. The fourth-order valence-corrected chi connectivity index (χ4v) is 1.84. The smallest absolute Gasteiger partial charge is 0.0897 e. The van der Waals surface area contributed by atoms with Crippen molar-refractivity contribution in [2.75, 3.05) is 26.3 Å². The van der Waals surface area contributed by atoms with Gasteiger partial charge in [0.1, 0.15) is 0 Å². The molecule has 3 nitrogen and oxygen atoms in total. The van der Waals surface area contributed by atoms with Gasteiger partial charge in [0.05, 0.1) is 12.7 Å². The highest BCUT2D eigenvalue weighted by molar-refractivity contribution is 9.11. The maximum atomic E-state index is 9.60. The lowest BCUT2D eigenvalue weighted by Crippen LogP contribution is -2.31. The first-order chi connectivity index (χ1) is 8.66. The van der Waals surface area contributed by atoms with Crippen LogP contribution in [0, 0.1) is 0 Å². The fourth-order valence-electron chi connectivity index (χ4n) is 1.64. The van der Waals surface area contributed by atoms with E-state index in [2.05, 4.69) is 34.7 Å². The first-order valence-electron chi connectivity index (χ1n) is 6.96. The summed E-state index contributed by atoms with van der Waals surface area (Å²) in [5.74, 6) is 0. The maximum Gasteiger partial charge on any atom is 0.0897 e. The highest BCUT2D eigenvalue weighted by atomic mass is 79.9. The highest BCUT2D eigenvalue weighted by Crippen LogP contribution is 2.05. The average Bonchev–Trinajstić information content (AvgIpc) is 2.32. The van der Waals surface area contributed by atoms with Crippen molar-refractivity contribution in [1.29, 1.82) is 0 Å². The quantitative estimate of drug-likeness (QED) is 0.512. The minimum atomic E-state index is -0.433. The van der Waals surface area contributed by atoms with Crippen molar-refractivity contribution in [2.24, 2.45) is 0 Å². The van der Waals surface area contributed by atoms with Crippen LogP contribution in [0.3, 0.4) is 0 Å². The molecule has 0 spiro atoms. The Hall–Kier alpha value is 0.1000. The Balaban J connectivity index is 3.15. The topological polar surface area (TPSA) is 41.5 Å². The van der Waals surface area contributed by atoms with E-state index in [1.54, 1.807) is 0 Å². The monoisotopic (exact) mass is 321 g/mol. The number of rotatable bonds is 13. The van der Waals surface area contributed by atoms with Crippen LogP contribution >= 0.6 is 15.9 Å². The molecule has 2 N–H and O–H groups in total. The lowest BCUT2D eigenvalue weighted by molar-refractivity contribution is 0.0359. The molecule has 0 aromatic carbocycles. The lowest BCUT2D eigenvalue weighted by atomic mass is 10.1. The zero-order valence-electron chi connectivity index (χ0n) is 11.6. The van der Waals surface area contributed by atoms with Crippen LogP contribution in [0.25, 0.3) is 0 Å². The van der Waals surface area contributed by atoms with Gasteiger partial charge in [0.2, 0.25) is 0 Å². The molecular formula is C14H28BrNO2. The molecule has 0 aliphatic carbocycles. The van der Waals surface area contributed by atoms with E-state index >= 15 is 0 Å². The molecular weight excluding hydrogens is 294 g/mol. The minimum absolute atomic E-state index is 0.413. The average molecular weight is 322 g/mol. The summed E-state index contributed by atoms with van der Waals surface area (Å²) in [6, 6.07) is 0. The Morgan fingerprint density at radius 1 is 1.28 bits per heavy atom. The minimum Gasteiger partial charge on any atom is -0.389 e. The molecule has 0 aliphatic heterocycles. The van der Waals surface area contributed by atoms with Crippen LogP contribution < -0.4 is 5.32 Å².